The zero-order valence-electron chi connectivity index (χ0n) is 15.8. The number of hydrogen-bond acceptors (Lipinski definition) is 6. The maximum Gasteiger partial charge on any atom is 0.329 e. The topological polar surface area (TPSA) is 110 Å². The van der Waals surface area contributed by atoms with Crippen molar-refractivity contribution in [2.24, 2.45) is 0 Å². The van der Waals surface area contributed by atoms with E-state index in [1.807, 2.05) is 0 Å². The van der Waals surface area contributed by atoms with Crippen LogP contribution >= 0.6 is 11.6 Å². The van der Waals surface area contributed by atoms with E-state index < -0.39 is 45.8 Å². The van der Waals surface area contributed by atoms with E-state index in [0.29, 0.717) is 6.42 Å². The van der Waals surface area contributed by atoms with Gasteiger partial charge in [-0.2, -0.15) is 0 Å². The minimum absolute atomic E-state index is 0.0363. The highest BCUT2D eigenvalue weighted by molar-refractivity contribution is 7.91. The van der Waals surface area contributed by atoms with Crippen molar-refractivity contribution in [2.75, 3.05) is 18.6 Å². The fraction of sp³-hybridized carbons (Fsp3) is 0.500. The molecule has 8 nitrogen and oxygen atoms in total. The summed E-state index contributed by atoms with van der Waals surface area (Å²) in [6.07, 6.45) is -0.754. The quantitative estimate of drug-likeness (QED) is 0.675. The summed E-state index contributed by atoms with van der Waals surface area (Å²) in [4.78, 5) is 38.2. The first kappa shape index (κ1) is 22.2. The number of halogens is 1. The first-order valence-electron chi connectivity index (χ1n) is 8.75. The number of nitrogens with one attached hydrogen (secondary N) is 1. The Morgan fingerprint density at radius 2 is 1.89 bits per heavy atom. The summed E-state index contributed by atoms with van der Waals surface area (Å²) in [5.74, 6) is -1.88. The summed E-state index contributed by atoms with van der Waals surface area (Å²) >= 11 is 5.96. The van der Waals surface area contributed by atoms with Crippen LogP contribution < -0.4 is 5.32 Å². The SMILES string of the molecule is CC(NC(=O)c1ccccc1Cl)C(=O)OC(C)C(=O)N(C)C1CCS(=O)(=O)C1. The van der Waals surface area contributed by atoms with E-state index in [1.165, 1.54) is 31.9 Å². The average molecular weight is 431 g/mol. The van der Waals surface area contributed by atoms with E-state index in [2.05, 4.69) is 5.32 Å². The van der Waals surface area contributed by atoms with Crippen molar-refractivity contribution in [2.45, 2.75) is 38.5 Å². The third-order valence-corrected chi connectivity index (χ3v) is 6.64. The van der Waals surface area contributed by atoms with Crippen LogP contribution in [0.3, 0.4) is 0 Å². The normalized spacial score (nSPS) is 20.1. The zero-order valence-corrected chi connectivity index (χ0v) is 17.4. The van der Waals surface area contributed by atoms with Gasteiger partial charge in [0.2, 0.25) is 0 Å². The third kappa shape index (κ3) is 5.45. The molecule has 10 heteroatoms. The second-order valence-corrected chi connectivity index (χ2v) is 9.40. The van der Waals surface area contributed by atoms with Gasteiger partial charge in [0.25, 0.3) is 11.8 Å². The number of sulfone groups is 1. The molecule has 2 amide bonds. The van der Waals surface area contributed by atoms with Crippen LogP contribution in [-0.2, 0) is 24.2 Å². The van der Waals surface area contributed by atoms with Gasteiger partial charge in [0.1, 0.15) is 6.04 Å². The minimum atomic E-state index is -3.14. The number of nitrogens with zero attached hydrogens (tertiary/aromatic N) is 1. The van der Waals surface area contributed by atoms with Crippen LogP contribution in [0.15, 0.2) is 24.3 Å². The Labute approximate surface area is 169 Å². The summed E-state index contributed by atoms with van der Waals surface area (Å²) in [6, 6.07) is 4.96. The van der Waals surface area contributed by atoms with Gasteiger partial charge < -0.3 is 15.0 Å². The fourth-order valence-corrected chi connectivity index (χ4v) is 4.85. The van der Waals surface area contributed by atoms with Crippen LogP contribution in [-0.4, -0.2) is 67.8 Å². The van der Waals surface area contributed by atoms with Crippen molar-refractivity contribution in [3.8, 4) is 0 Å². The van der Waals surface area contributed by atoms with Crippen LogP contribution in [0.4, 0.5) is 0 Å². The number of carbonyl (C=O) groups excluding carboxylic acids is 3. The standard InChI is InChI=1S/C18H23ClN2O6S/c1-11(20-16(22)14-6-4-5-7-15(14)19)18(24)27-12(2)17(23)21(3)13-8-9-28(25,26)10-13/h4-7,11-13H,8-10H2,1-3H3,(H,20,22). The van der Waals surface area contributed by atoms with Gasteiger partial charge >= 0.3 is 5.97 Å². The molecule has 154 valence electrons. The summed E-state index contributed by atoms with van der Waals surface area (Å²) in [6.45, 7) is 2.84. The summed E-state index contributed by atoms with van der Waals surface area (Å²) in [5, 5.41) is 2.72. The molecule has 0 aromatic heterocycles. The highest BCUT2D eigenvalue weighted by Gasteiger charge is 2.35. The fourth-order valence-electron chi connectivity index (χ4n) is 2.85. The van der Waals surface area contributed by atoms with Gasteiger partial charge in [-0.3, -0.25) is 9.59 Å². The molecule has 1 saturated heterocycles. The van der Waals surface area contributed by atoms with Crippen molar-refractivity contribution in [1.82, 2.24) is 10.2 Å². The molecule has 0 bridgehead atoms. The summed E-state index contributed by atoms with van der Waals surface area (Å²) in [5.41, 5.74) is 0.218. The molecular weight excluding hydrogens is 408 g/mol. The maximum atomic E-state index is 12.4. The highest BCUT2D eigenvalue weighted by atomic mass is 35.5. The first-order valence-corrected chi connectivity index (χ1v) is 10.9. The number of hydrogen-bond donors (Lipinski definition) is 1. The molecule has 0 aliphatic carbocycles. The Hall–Kier alpha value is -2.13. The number of amides is 2. The van der Waals surface area contributed by atoms with Crippen molar-refractivity contribution >= 4 is 39.2 Å². The maximum absolute atomic E-state index is 12.4. The first-order chi connectivity index (χ1) is 13.0. The lowest BCUT2D eigenvalue weighted by molar-refractivity contribution is -0.160. The number of likely N-dealkylation sites (N-methyl/N-ethyl adjacent to an activating group) is 1. The summed E-state index contributed by atoms with van der Waals surface area (Å²) < 4.78 is 28.3. The van der Waals surface area contributed by atoms with Crippen LogP contribution in [0, 0.1) is 0 Å². The number of ether oxygens (including phenoxy) is 1. The molecular formula is C18H23ClN2O6S. The van der Waals surface area contributed by atoms with Crippen molar-refractivity contribution in [1.29, 1.82) is 0 Å². The average Bonchev–Trinajstić information content (AvgIpc) is 3.00. The molecule has 1 aliphatic rings. The molecule has 1 heterocycles. The van der Waals surface area contributed by atoms with E-state index >= 15 is 0 Å². The lowest BCUT2D eigenvalue weighted by Gasteiger charge is -2.27. The number of benzene rings is 1. The Morgan fingerprint density at radius 3 is 2.46 bits per heavy atom. The largest absolute Gasteiger partial charge is 0.451 e. The minimum Gasteiger partial charge on any atom is -0.451 e. The lowest BCUT2D eigenvalue weighted by atomic mass is 10.2. The van der Waals surface area contributed by atoms with Crippen molar-refractivity contribution in [3.05, 3.63) is 34.9 Å². The zero-order chi connectivity index (χ0) is 21.1. The lowest BCUT2D eigenvalue weighted by Crippen LogP contribution is -2.46. The number of carbonyl (C=O) groups is 3. The summed E-state index contributed by atoms with van der Waals surface area (Å²) in [7, 11) is -1.65. The Morgan fingerprint density at radius 1 is 1.25 bits per heavy atom. The molecule has 1 N–H and O–H groups in total. The second-order valence-electron chi connectivity index (χ2n) is 6.76. The highest BCUT2D eigenvalue weighted by Crippen LogP contribution is 2.18. The third-order valence-electron chi connectivity index (χ3n) is 4.56. The molecule has 0 spiro atoms. The number of rotatable bonds is 6. The predicted octanol–water partition coefficient (Wildman–Crippen LogP) is 1.04. The predicted molar refractivity (Wildman–Crippen MR) is 104 cm³/mol. The smallest absolute Gasteiger partial charge is 0.329 e. The van der Waals surface area contributed by atoms with Gasteiger partial charge in [0.15, 0.2) is 15.9 Å². The van der Waals surface area contributed by atoms with Crippen LogP contribution in [0.2, 0.25) is 5.02 Å². The van der Waals surface area contributed by atoms with Gasteiger partial charge in [0, 0.05) is 13.1 Å². The van der Waals surface area contributed by atoms with Gasteiger partial charge in [-0.15, -0.1) is 0 Å². The molecule has 1 aromatic rings. The van der Waals surface area contributed by atoms with Crippen LogP contribution in [0.25, 0.3) is 0 Å². The van der Waals surface area contributed by atoms with E-state index in [1.54, 1.807) is 18.2 Å². The molecule has 2 rings (SSSR count). The Kier molecular flexibility index (Phi) is 7.06. The van der Waals surface area contributed by atoms with Crippen molar-refractivity contribution in [3.63, 3.8) is 0 Å². The molecule has 3 unspecified atom stereocenters. The van der Waals surface area contributed by atoms with E-state index in [-0.39, 0.29) is 22.1 Å². The Balaban J connectivity index is 1.91. The van der Waals surface area contributed by atoms with E-state index in [9.17, 15) is 22.8 Å². The van der Waals surface area contributed by atoms with E-state index in [0.717, 1.165) is 0 Å². The molecule has 1 aromatic carbocycles. The van der Waals surface area contributed by atoms with Gasteiger partial charge in [-0.25, -0.2) is 13.2 Å². The van der Waals surface area contributed by atoms with Gasteiger partial charge in [-0.1, -0.05) is 23.7 Å². The Bertz CT molecular complexity index is 873. The molecule has 0 saturated carbocycles. The van der Waals surface area contributed by atoms with E-state index in [4.69, 9.17) is 16.3 Å². The molecule has 1 aliphatic heterocycles. The molecule has 0 radical (unpaired) electrons. The van der Waals surface area contributed by atoms with Crippen LogP contribution in [0.5, 0.6) is 0 Å². The second kappa shape index (κ2) is 8.91. The molecule has 1 fully saturated rings. The van der Waals surface area contributed by atoms with Crippen molar-refractivity contribution < 1.29 is 27.5 Å². The van der Waals surface area contributed by atoms with Crippen LogP contribution in [0.1, 0.15) is 30.6 Å². The monoisotopic (exact) mass is 430 g/mol. The number of esters is 1. The van der Waals surface area contributed by atoms with Gasteiger partial charge in [-0.05, 0) is 32.4 Å². The van der Waals surface area contributed by atoms with Gasteiger partial charge in [0.05, 0.1) is 22.1 Å². The molecule has 3 atom stereocenters. The molecule has 28 heavy (non-hydrogen) atoms.